The number of aryl methyl sites for hydroxylation is 1. The maximum atomic E-state index is 12.3. The van der Waals surface area contributed by atoms with E-state index < -0.39 is 45.2 Å². The summed E-state index contributed by atoms with van der Waals surface area (Å²) >= 11 is 5.69. The highest BCUT2D eigenvalue weighted by Gasteiger charge is 2.24. The quantitative estimate of drug-likeness (QED) is 0.353. The molecule has 0 heterocycles. The predicted molar refractivity (Wildman–Crippen MR) is 109 cm³/mol. The van der Waals surface area contributed by atoms with Gasteiger partial charge in [-0.2, -0.15) is 4.72 Å². The van der Waals surface area contributed by atoms with Crippen LogP contribution in [0.15, 0.2) is 47.4 Å². The molecular formula is C18H18ClN3O7S. The number of amides is 1. The van der Waals surface area contributed by atoms with Crippen molar-refractivity contribution in [3.05, 3.63) is 63.2 Å². The SMILES string of the molecule is Cc1ccc(S(=O)(=O)N[C@@H](C)C(=O)OCC(=O)Nc2ccc(Cl)c([N+](=O)[O-])c2)cc1. The normalized spacial score (nSPS) is 12.1. The molecule has 0 fully saturated rings. The molecule has 2 aromatic rings. The molecule has 0 radical (unpaired) electrons. The molecule has 0 bridgehead atoms. The van der Waals surface area contributed by atoms with Crippen LogP contribution < -0.4 is 10.0 Å². The van der Waals surface area contributed by atoms with Gasteiger partial charge in [-0.15, -0.1) is 0 Å². The van der Waals surface area contributed by atoms with Gasteiger partial charge in [0, 0.05) is 11.8 Å². The molecule has 30 heavy (non-hydrogen) atoms. The Morgan fingerprint density at radius 1 is 1.20 bits per heavy atom. The van der Waals surface area contributed by atoms with Crippen molar-refractivity contribution in [3.63, 3.8) is 0 Å². The van der Waals surface area contributed by atoms with Crippen LogP contribution in [0, 0.1) is 17.0 Å². The number of benzene rings is 2. The van der Waals surface area contributed by atoms with E-state index in [2.05, 4.69) is 10.0 Å². The summed E-state index contributed by atoms with van der Waals surface area (Å²) in [7, 11) is -3.95. The van der Waals surface area contributed by atoms with E-state index in [9.17, 15) is 28.1 Å². The molecule has 0 aliphatic heterocycles. The van der Waals surface area contributed by atoms with E-state index in [1.54, 1.807) is 19.1 Å². The lowest BCUT2D eigenvalue weighted by Gasteiger charge is -2.14. The van der Waals surface area contributed by atoms with Gasteiger partial charge >= 0.3 is 5.97 Å². The van der Waals surface area contributed by atoms with Gasteiger partial charge in [0.1, 0.15) is 11.1 Å². The number of halogens is 1. The number of hydrogen-bond donors (Lipinski definition) is 2. The molecule has 0 aromatic heterocycles. The van der Waals surface area contributed by atoms with E-state index in [1.807, 2.05) is 0 Å². The molecule has 2 rings (SSSR count). The fourth-order valence-electron chi connectivity index (χ4n) is 2.26. The Kier molecular flexibility index (Phi) is 7.48. The first-order valence-corrected chi connectivity index (χ1v) is 10.3. The average Bonchev–Trinajstić information content (AvgIpc) is 2.67. The van der Waals surface area contributed by atoms with E-state index >= 15 is 0 Å². The third-order valence-corrected chi connectivity index (χ3v) is 5.67. The Morgan fingerprint density at radius 3 is 2.43 bits per heavy atom. The van der Waals surface area contributed by atoms with Gasteiger partial charge in [0.25, 0.3) is 11.6 Å². The zero-order valence-corrected chi connectivity index (χ0v) is 17.5. The minimum absolute atomic E-state index is 0.0187. The highest BCUT2D eigenvalue weighted by molar-refractivity contribution is 7.89. The molecule has 2 aromatic carbocycles. The standard InChI is InChI=1S/C18H18ClN3O7S/c1-11-3-6-14(7-4-11)30(27,28)21-12(2)18(24)29-10-17(23)20-13-5-8-15(19)16(9-13)22(25)26/h3-9,12,21H,10H2,1-2H3,(H,20,23)/t12-/m0/s1. The highest BCUT2D eigenvalue weighted by Crippen LogP contribution is 2.27. The lowest BCUT2D eigenvalue weighted by molar-refractivity contribution is -0.384. The largest absolute Gasteiger partial charge is 0.454 e. The van der Waals surface area contributed by atoms with E-state index in [0.29, 0.717) is 0 Å². The zero-order valence-electron chi connectivity index (χ0n) is 15.9. The highest BCUT2D eigenvalue weighted by atomic mass is 35.5. The van der Waals surface area contributed by atoms with Crippen LogP contribution in [0.5, 0.6) is 0 Å². The molecule has 0 aliphatic rings. The summed E-state index contributed by atoms with van der Waals surface area (Å²) < 4.78 is 31.5. The third-order valence-electron chi connectivity index (χ3n) is 3.79. The number of hydrogen-bond acceptors (Lipinski definition) is 7. The Bertz CT molecular complexity index is 1070. The van der Waals surface area contributed by atoms with Gasteiger partial charge in [0.15, 0.2) is 6.61 Å². The van der Waals surface area contributed by atoms with Gasteiger partial charge < -0.3 is 10.1 Å². The van der Waals surface area contributed by atoms with Crippen molar-refractivity contribution in [3.8, 4) is 0 Å². The summed E-state index contributed by atoms with van der Waals surface area (Å²) in [5.74, 6) is -1.74. The van der Waals surface area contributed by atoms with Crippen LogP contribution in [-0.2, 0) is 24.3 Å². The first kappa shape index (κ1) is 23.3. The van der Waals surface area contributed by atoms with Gasteiger partial charge in [-0.3, -0.25) is 19.7 Å². The van der Waals surface area contributed by atoms with Crippen LogP contribution in [0.2, 0.25) is 5.02 Å². The van der Waals surface area contributed by atoms with Crippen molar-refractivity contribution in [1.29, 1.82) is 0 Å². The minimum Gasteiger partial charge on any atom is -0.454 e. The van der Waals surface area contributed by atoms with Crippen LogP contribution >= 0.6 is 11.6 Å². The monoisotopic (exact) mass is 455 g/mol. The molecule has 0 spiro atoms. The number of carbonyl (C=O) groups excluding carboxylic acids is 2. The molecule has 0 saturated heterocycles. The second-order valence-corrected chi connectivity index (χ2v) is 8.36. The fourth-order valence-corrected chi connectivity index (χ4v) is 3.63. The van der Waals surface area contributed by atoms with Crippen LogP contribution in [0.1, 0.15) is 12.5 Å². The Hall–Kier alpha value is -3.02. The van der Waals surface area contributed by atoms with Gasteiger partial charge in [0.05, 0.1) is 9.82 Å². The maximum Gasteiger partial charge on any atom is 0.324 e. The van der Waals surface area contributed by atoms with Gasteiger partial charge in [0.2, 0.25) is 10.0 Å². The predicted octanol–water partition coefficient (Wildman–Crippen LogP) is 2.41. The molecule has 160 valence electrons. The lowest BCUT2D eigenvalue weighted by atomic mass is 10.2. The van der Waals surface area contributed by atoms with E-state index in [4.69, 9.17) is 16.3 Å². The molecule has 0 aliphatic carbocycles. The fraction of sp³-hybridized carbons (Fsp3) is 0.222. The summed E-state index contributed by atoms with van der Waals surface area (Å²) in [5, 5.41) is 13.1. The maximum absolute atomic E-state index is 12.3. The van der Waals surface area contributed by atoms with Gasteiger partial charge in [-0.1, -0.05) is 29.3 Å². The number of ether oxygens (including phenoxy) is 1. The Balaban J connectivity index is 1.91. The van der Waals surface area contributed by atoms with Crippen molar-refractivity contribution in [1.82, 2.24) is 4.72 Å². The topological polar surface area (TPSA) is 145 Å². The van der Waals surface area contributed by atoms with Crippen LogP contribution in [0.3, 0.4) is 0 Å². The van der Waals surface area contributed by atoms with Crippen molar-refractivity contribution < 1.29 is 27.7 Å². The number of sulfonamides is 1. The summed E-state index contributed by atoms with van der Waals surface area (Å²) in [6.07, 6.45) is 0. The summed E-state index contributed by atoms with van der Waals surface area (Å²) in [4.78, 5) is 34.1. The molecule has 0 unspecified atom stereocenters. The summed E-state index contributed by atoms with van der Waals surface area (Å²) in [6.45, 7) is 2.36. The number of anilines is 1. The Morgan fingerprint density at radius 2 is 1.83 bits per heavy atom. The molecule has 0 saturated carbocycles. The Labute approximate surface area is 177 Å². The van der Waals surface area contributed by atoms with Gasteiger partial charge in [-0.05, 0) is 38.1 Å². The second-order valence-electron chi connectivity index (χ2n) is 6.24. The summed E-state index contributed by atoms with van der Waals surface area (Å²) in [5.41, 5.74) is 0.560. The number of carbonyl (C=O) groups is 2. The third kappa shape index (κ3) is 6.24. The summed E-state index contributed by atoms with van der Waals surface area (Å²) in [6, 6.07) is 8.41. The van der Waals surface area contributed by atoms with Crippen molar-refractivity contribution >= 4 is 44.9 Å². The van der Waals surface area contributed by atoms with Crippen LogP contribution in [0.25, 0.3) is 0 Å². The smallest absolute Gasteiger partial charge is 0.324 e. The number of nitrogens with zero attached hydrogens (tertiary/aromatic N) is 1. The van der Waals surface area contributed by atoms with Crippen molar-refractivity contribution in [2.75, 3.05) is 11.9 Å². The molecule has 1 atom stereocenters. The number of nitro groups is 1. The number of nitrogens with one attached hydrogen (secondary N) is 2. The number of esters is 1. The van der Waals surface area contributed by atoms with Crippen LogP contribution in [-0.4, -0.2) is 37.9 Å². The van der Waals surface area contributed by atoms with E-state index in [0.717, 1.165) is 11.6 Å². The molecule has 2 N–H and O–H groups in total. The van der Waals surface area contributed by atoms with E-state index in [-0.39, 0.29) is 15.6 Å². The van der Waals surface area contributed by atoms with Crippen LogP contribution in [0.4, 0.5) is 11.4 Å². The second kappa shape index (κ2) is 9.65. The average molecular weight is 456 g/mol. The molecular weight excluding hydrogens is 438 g/mol. The lowest BCUT2D eigenvalue weighted by Crippen LogP contribution is -2.40. The van der Waals surface area contributed by atoms with Crippen molar-refractivity contribution in [2.45, 2.75) is 24.8 Å². The molecule has 10 nitrogen and oxygen atoms in total. The first-order valence-electron chi connectivity index (χ1n) is 8.49. The zero-order chi connectivity index (χ0) is 22.5. The molecule has 1 amide bonds. The van der Waals surface area contributed by atoms with Gasteiger partial charge in [-0.25, -0.2) is 8.42 Å². The number of nitro benzene ring substituents is 1. The minimum atomic E-state index is -3.95. The van der Waals surface area contributed by atoms with E-state index in [1.165, 1.54) is 31.2 Å². The van der Waals surface area contributed by atoms with Crippen molar-refractivity contribution in [2.24, 2.45) is 0 Å². The molecule has 12 heteroatoms. The number of rotatable bonds is 8. The first-order chi connectivity index (χ1) is 14.0.